The lowest BCUT2D eigenvalue weighted by atomic mass is 10.2. The van der Waals surface area contributed by atoms with Crippen molar-refractivity contribution in [2.45, 2.75) is 13.2 Å². The molecular weight excluding hydrogens is 352 g/mol. The van der Waals surface area contributed by atoms with Gasteiger partial charge in [0.05, 0.1) is 5.75 Å². The van der Waals surface area contributed by atoms with Gasteiger partial charge in [-0.05, 0) is 36.9 Å². The molecule has 0 aromatic heterocycles. The normalized spacial score (nSPS) is 11.7. The Bertz CT molecular complexity index is 769. The van der Waals surface area contributed by atoms with Crippen molar-refractivity contribution in [1.82, 2.24) is 4.90 Å². The smallest absolute Gasteiger partial charge is 0.387 e. The van der Waals surface area contributed by atoms with E-state index >= 15 is 0 Å². The molecule has 0 atom stereocenters. The second-order valence-corrected chi connectivity index (χ2v) is 7.11. The first-order valence-electron chi connectivity index (χ1n) is 7.53. The third kappa shape index (κ3) is 7.06. The van der Waals surface area contributed by atoms with Crippen LogP contribution in [0, 0.1) is 0 Å². The van der Waals surface area contributed by atoms with Crippen molar-refractivity contribution in [3.05, 3.63) is 60.2 Å². The Balaban J connectivity index is 1.86. The Morgan fingerprint density at radius 3 is 2.40 bits per heavy atom. The lowest BCUT2D eigenvalue weighted by molar-refractivity contribution is -0.0499. The molecule has 25 heavy (non-hydrogen) atoms. The number of hydrogen-bond acceptors (Lipinski definition) is 5. The van der Waals surface area contributed by atoms with E-state index in [0.717, 1.165) is 5.56 Å². The molecule has 0 unspecified atom stereocenters. The Hall–Kier alpha value is -2.19. The Morgan fingerprint density at radius 2 is 1.72 bits per heavy atom. The van der Waals surface area contributed by atoms with Crippen LogP contribution in [0.4, 0.5) is 8.78 Å². The van der Waals surface area contributed by atoms with Crippen LogP contribution in [0.2, 0.25) is 0 Å². The standard InChI is InChI=1S/C17H19F2NO4S/c1-20(13-14-6-5-9-16(12-14)23-17(18)19)10-11-25(21,22)24-15-7-3-2-4-8-15/h2-9,12,17H,10-11,13H2,1H3. The summed E-state index contributed by atoms with van der Waals surface area (Å²) >= 11 is 0. The van der Waals surface area contributed by atoms with Crippen LogP contribution in [0.3, 0.4) is 0 Å². The fraction of sp³-hybridized carbons (Fsp3) is 0.294. The number of halogens is 2. The van der Waals surface area contributed by atoms with Gasteiger partial charge in [0.15, 0.2) is 0 Å². The van der Waals surface area contributed by atoms with Gasteiger partial charge < -0.3 is 13.8 Å². The van der Waals surface area contributed by atoms with E-state index in [4.69, 9.17) is 4.18 Å². The van der Waals surface area contributed by atoms with Gasteiger partial charge >= 0.3 is 16.7 Å². The zero-order valence-electron chi connectivity index (χ0n) is 13.6. The Kier molecular flexibility index (Phi) is 6.72. The lowest BCUT2D eigenvalue weighted by Gasteiger charge is -2.17. The molecule has 8 heteroatoms. The number of benzene rings is 2. The molecule has 0 fully saturated rings. The van der Waals surface area contributed by atoms with Crippen molar-refractivity contribution in [1.29, 1.82) is 0 Å². The summed E-state index contributed by atoms with van der Waals surface area (Å²) in [4.78, 5) is 1.76. The molecule has 0 radical (unpaired) electrons. The van der Waals surface area contributed by atoms with Gasteiger partial charge in [0.25, 0.3) is 0 Å². The summed E-state index contributed by atoms with van der Waals surface area (Å²) in [6.07, 6.45) is 0. The van der Waals surface area contributed by atoms with Crippen LogP contribution < -0.4 is 8.92 Å². The molecule has 0 saturated carbocycles. The van der Waals surface area contributed by atoms with Gasteiger partial charge in [0.2, 0.25) is 0 Å². The van der Waals surface area contributed by atoms with Gasteiger partial charge in [-0.2, -0.15) is 17.2 Å². The average molecular weight is 371 g/mol. The number of rotatable bonds is 9. The number of para-hydroxylation sites is 1. The molecule has 0 aliphatic heterocycles. The molecule has 0 saturated heterocycles. The zero-order valence-corrected chi connectivity index (χ0v) is 14.5. The maximum absolute atomic E-state index is 12.2. The summed E-state index contributed by atoms with van der Waals surface area (Å²) in [7, 11) is -1.98. The van der Waals surface area contributed by atoms with Crippen LogP contribution in [0.15, 0.2) is 54.6 Å². The topological polar surface area (TPSA) is 55.8 Å². The molecule has 2 rings (SSSR count). The van der Waals surface area contributed by atoms with E-state index in [1.807, 2.05) is 0 Å². The number of nitrogens with zero attached hydrogens (tertiary/aromatic N) is 1. The molecule has 0 N–H and O–H groups in total. The van der Waals surface area contributed by atoms with E-state index in [9.17, 15) is 17.2 Å². The van der Waals surface area contributed by atoms with E-state index in [1.54, 1.807) is 54.4 Å². The third-order valence-electron chi connectivity index (χ3n) is 3.27. The molecule has 2 aromatic carbocycles. The Labute approximate surface area is 145 Å². The van der Waals surface area contributed by atoms with Crippen LogP contribution in [-0.2, 0) is 16.7 Å². The molecule has 2 aromatic rings. The minimum absolute atomic E-state index is 0.0703. The van der Waals surface area contributed by atoms with E-state index < -0.39 is 16.7 Å². The van der Waals surface area contributed by atoms with E-state index in [0.29, 0.717) is 6.54 Å². The molecule has 0 spiro atoms. The predicted octanol–water partition coefficient (Wildman–Crippen LogP) is 3.13. The number of alkyl halides is 2. The van der Waals surface area contributed by atoms with Crippen LogP contribution in [0.1, 0.15) is 5.56 Å². The largest absolute Gasteiger partial charge is 0.435 e. The van der Waals surface area contributed by atoms with Gasteiger partial charge in [-0.15, -0.1) is 0 Å². The second kappa shape index (κ2) is 8.77. The molecule has 0 bridgehead atoms. The van der Waals surface area contributed by atoms with E-state index in [1.165, 1.54) is 12.1 Å². The van der Waals surface area contributed by atoms with Crippen molar-refractivity contribution in [2.24, 2.45) is 0 Å². The van der Waals surface area contributed by atoms with E-state index in [-0.39, 0.29) is 23.8 Å². The molecule has 136 valence electrons. The highest BCUT2D eigenvalue weighted by molar-refractivity contribution is 7.87. The van der Waals surface area contributed by atoms with Crippen molar-refractivity contribution in [3.63, 3.8) is 0 Å². The first kappa shape index (κ1) is 19.1. The van der Waals surface area contributed by atoms with Crippen LogP contribution in [-0.4, -0.2) is 39.3 Å². The first-order valence-corrected chi connectivity index (χ1v) is 9.11. The maximum atomic E-state index is 12.2. The Morgan fingerprint density at radius 1 is 1.04 bits per heavy atom. The third-order valence-corrected chi connectivity index (χ3v) is 4.39. The van der Waals surface area contributed by atoms with Crippen LogP contribution in [0.5, 0.6) is 11.5 Å². The highest BCUT2D eigenvalue weighted by Gasteiger charge is 2.14. The highest BCUT2D eigenvalue weighted by atomic mass is 32.2. The fourth-order valence-corrected chi connectivity index (χ4v) is 3.17. The summed E-state index contributed by atoms with van der Waals surface area (Å²) in [5.74, 6) is 0.147. The fourth-order valence-electron chi connectivity index (χ4n) is 2.14. The quantitative estimate of drug-likeness (QED) is 0.634. The van der Waals surface area contributed by atoms with E-state index in [2.05, 4.69) is 4.74 Å². The highest BCUT2D eigenvalue weighted by Crippen LogP contribution is 2.17. The van der Waals surface area contributed by atoms with Gasteiger partial charge in [-0.25, -0.2) is 0 Å². The molecule has 5 nitrogen and oxygen atoms in total. The molecular formula is C17H19F2NO4S. The predicted molar refractivity (Wildman–Crippen MR) is 90.3 cm³/mol. The summed E-state index contributed by atoms with van der Waals surface area (Å²) < 4.78 is 57.8. The maximum Gasteiger partial charge on any atom is 0.387 e. The molecule has 0 aliphatic carbocycles. The lowest BCUT2D eigenvalue weighted by Crippen LogP contribution is -2.27. The number of ether oxygens (including phenoxy) is 1. The minimum Gasteiger partial charge on any atom is -0.435 e. The summed E-state index contributed by atoms with van der Waals surface area (Å²) in [5.41, 5.74) is 0.738. The van der Waals surface area contributed by atoms with Crippen LogP contribution in [0.25, 0.3) is 0 Å². The number of hydrogen-bond donors (Lipinski definition) is 0. The van der Waals surface area contributed by atoms with Crippen molar-refractivity contribution in [3.8, 4) is 11.5 Å². The van der Waals surface area contributed by atoms with Crippen molar-refractivity contribution < 1.29 is 26.1 Å². The summed E-state index contributed by atoms with van der Waals surface area (Å²) in [6, 6.07) is 14.6. The second-order valence-electron chi connectivity index (χ2n) is 5.42. The monoisotopic (exact) mass is 371 g/mol. The SMILES string of the molecule is CN(CCS(=O)(=O)Oc1ccccc1)Cc1cccc(OC(F)F)c1. The van der Waals surface area contributed by atoms with Gasteiger partial charge in [0, 0.05) is 13.1 Å². The average Bonchev–Trinajstić information content (AvgIpc) is 2.53. The summed E-state index contributed by atoms with van der Waals surface area (Å²) in [5, 5.41) is 0. The van der Waals surface area contributed by atoms with Gasteiger partial charge in [-0.3, -0.25) is 0 Å². The van der Waals surface area contributed by atoms with Gasteiger partial charge in [-0.1, -0.05) is 30.3 Å². The van der Waals surface area contributed by atoms with Crippen molar-refractivity contribution in [2.75, 3.05) is 19.3 Å². The molecule has 0 amide bonds. The summed E-state index contributed by atoms with van der Waals surface area (Å²) in [6.45, 7) is -2.26. The van der Waals surface area contributed by atoms with Crippen molar-refractivity contribution >= 4 is 10.1 Å². The van der Waals surface area contributed by atoms with Gasteiger partial charge in [0.1, 0.15) is 11.5 Å². The molecule has 0 heterocycles. The van der Waals surface area contributed by atoms with Crippen LogP contribution >= 0.6 is 0 Å². The molecule has 0 aliphatic rings. The minimum atomic E-state index is -3.71. The zero-order chi connectivity index (χ0) is 18.3. The first-order chi connectivity index (χ1) is 11.8.